The van der Waals surface area contributed by atoms with Crippen molar-refractivity contribution in [2.75, 3.05) is 19.8 Å². The van der Waals surface area contributed by atoms with Crippen molar-refractivity contribution >= 4 is 22.0 Å². The SMILES string of the molecule is CC(C)(C)OC(=O)NCC1(c2cccc(Br)c2)CCOCC1. The largest absolute Gasteiger partial charge is 0.444 e. The van der Waals surface area contributed by atoms with Gasteiger partial charge in [0.05, 0.1) is 0 Å². The molecular formula is C17H24BrNO3. The highest BCUT2D eigenvalue weighted by molar-refractivity contribution is 9.10. The normalized spacial score (nSPS) is 17.8. The molecule has 1 aromatic rings. The number of rotatable bonds is 3. The maximum absolute atomic E-state index is 12.0. The first-order valence-corrected chi connectivity index (χ1v) is 8.41. The molecule has 0 bridgehead atoms. The number of hydrogen-bond donors (Lipinski definition) is 1. The number of amides is 1. The maximum Gasteiger partial charge on any atom is 0.407 e. The predicted molar refractivity (Wildman–Crippen MR) is 90.1 cm³/mol. The summed E-state index contributed by atoms with van der Waals surface area (Å²) in [5.74, 6) is 0. The van der Waals surface area contributed by atoms with Crippen LogP contribution in [0.4, 0.5) is 4.79 Å². The van der Waals surface area contributed by atoms with E-state index in [2.05, 4.69) is 33.4 Å². The molecule has 0 radical (unpaired) electrons. The van der Waals surface area contributed by atoms with Crippen molar-refractivity contribution in [3.05, 3.63) is 34.3 Å². The van der Waals surface area contributed by atoms with Crippen LogP contribution in [0.3, 0.4) is 0 Å². The summed E-state index contributed by atoms with van der Waals surface area (Å²) >= 11 is 3.53. The number of nitrogens with one attached hydrogen (secondary N) is 1. The zero-order valence-electron chi connectivity index (χ0n) is 13.4. The number of carbonyl (C=O) groups is 1. The molecule has 4 nitrogen and oxygen atoms in total. The van der Waals surface area contributed by atoms with Gasteiger partial charge < -0.3 is 14.8 Å². The van der Waals surface area contributed by atoms with Crippen molar-refractivity contribution in [2.45, 2.75) is 44.6 Å². The molecule has 1 aliphatic heterocycles. The summed E-state index contributed by atoms with van der Waals surface area (Å²) in [4.78, 5) is 12.0. The monoisotopic (exact) mass is 369 g/mol. The smallest absolute Gasteiger partial charge is 0.407 e. The molecule has 22 heavy (non-hydrogen) atoms. The molecule has 122 valence electrons. The second-order valence-corrected chi connectivity index (χ2v) is 7.67. The van der Waals surface area contributed by atoms with Crippen LogP contribution < -0.4 is 5.32 Å². The van der Waals surface area contributed by atoms with Gasteiger partial charge in [-0.2, -0.15) is 0 Å². The Balaban J connectivity index is 2.11. The summed E-state index contributed by atoms with van der Waals surface area (Å²) < 4.78 is 11.9. The van der Waals surface area contributed by atoms with E-state index in [-0.39, 0.29) is 11.5 Å². The van der Waals surface area contributed by atoms with Gasteiger partial charge in [-0.05, 0) is 51.3 Å². The minimum absolute atomic E-state index is 0.0983. The zero-order valence-corrected chi connectivity index (χ0v) is 15.0. The molecule has 0 aliphatic carbocycles. The van der Waals surface area contributed by atoms with Gasteiger partial charge >= 0.3 is 6.09 Å². The van der Waals surface area contributed by atoms with E-state index in [0.29, 0.717) is 19.8 Å². The Bertz CT molecular complexity index is 519. The second kappa shape index (κ2) is 7.01. The molecule has 5 heteroatoms. The molecule has 1 aliphatic rings. The van der Waals surface area contributed by atoms with Gasteiger partial charge in [-0.15, -0.1) is 0 Å². The standard InChI is InChI=1S/C17H24BrNO3/c1-16(2,3)22-15(20)19-12-17(7-9-21-10-8-17)13-5-4-6-14(18)11-13/h4-6,11H,7-10,12H2,1-3H3,(H,19,20). The van der Waals surface area contributed by atoms with E-state index in [1.54, 1.807) is 0 Å². The fourth-order valence-electron chi connectivity index (χ4n) is 2.70. The molecular weight excluding hydrogens is 346 g/mol. The van der Waals surface area contributed by atoms with Crippen molar-refractivity contribution < 1.29 is 14.3 Å². The van der Waals surface area contributed by atoms with Gasteiger partial charge in [-0.3, -0.25) is 0 Å². The van der Waals surface area contributed by atoms with Gasteiger partial charge in [-0.25, -0.2) is 4.79 Å². The number of carbonyl (C=O) groups excluding carboxylic acids is 1. The summed E-state index contributed by atoms with van der Waals surface area (Å²) in [6.07, 6.45) is 1.41. The molecule has 1 aromatic carbocycles. The number of ether oxygens (including phenoxy) is 2. The van der Waals surface area contributed by atoms with Crippen LogP contribution in [0.5, 0.6) is 0 Å². The summed E-state index contributed by atoms with van der Waals surface area (Å²) in [7, 11) is 0. The second-order valence-electron chi connectivity index (χ2n) is 6.76. The van der Waals surface area contributed by atoms with Gasteiger partial charge in [0.15, 0.2) is 0 Å². The Morgan fingerprint density at radius 2 is 2.05 bits per heavy atom. The van der Waals surface area contributed by atoms with E-state index in [9.17, 15) is 4.79 Å². The van der Waals surface area contributed by atoms with Gasteiger partial charge in [0.2, 0.25) is 0 Å². The molecule has 1 N–H and O–H groups in total. The van der Waals surface area contributed by atoms with E-state index < -0.39 is 5.60 Å². The molecule has 1 fully saturated rings. The van der Waals surface area contributed by atoms with E-state index in [1.807, 2.05) is 32.9 Å². The average Bonchev–Trinajstić information content (AvgIpc) is 2.44. The third-order valence-electron chi connectivity index (χ3n) is 3.86. The highest BCUT2D eigenvalue weighted by Crippen LogP contribution is 2.35. The van der Waals surface area contributed by atoms with Gasteiger partial charge in [0, 0.05) is 29.6 Å². The van der Waals surface area contributed by atoms with Crippen molar-refractivity contribution in [3.8, 4) is 0 Å². The quantitative estimate of drug-likeness (QED) is 0.874. The van der Waals surface area contributed by atoms with Crippen LogP contribution in [0.25, 0.3) is 0 Å². The Labute approximate surface area is 140 Å². The fourth-order valence-corrected chi connectivity index (χ4v) is 3.10. The average molecular weight is 370 g/mol. The molecule has 0 saturated carbocycles. The molecule has 0 atom stereocenters. The lowest BCUT2D eigenvalue weighted by atomic mass is 9.74. The van der Waals surface area contributed by atoms with Crippen LogP contribution in [0, 0.1) is 0 Å². The molecule has 1 heterocycles. The van der Waals surface area contributed by atoms with Gasteiger partial charge in [0.25, 0.3) is 0 Å². The Hall–Kier alpha value is -1.07. The summed E-state index contributed by atoms with van der Waals surface area (Å²) in [5, 5.41) is 2.94. The van der Waals surface area contributed by atoms with E-state index in [4.69, 9.17) is 9.47 Å². The van der Waals surface area contributed by atoms with Gasteiger partial charge in [-0.1, -0.05) is 28.1 Å². The topological polar surface area (TPSA) is 47.6 Å². The van der Waals surface area contributed by atoms with Crippen molar-refractivity contribution in [3.63, 3.8) is 0 Å². The predicted octanol–water partition coefficient (Wildman–Crippen LogP) is 4.02. The summed E-state index contributed by atoms with van der Waals surface area (Å²) in [6.45, 7) is 7.58. The number of hydrogen-bond acceptors (Lipinski definition) is 3. The molecule has 0 spiro atoms. The van der Waals surface area contributed by atoms with E-state index in [0.717, 1.165) is 17.3 Å². The highest BCUT2D eigenvalue weighted by atomic mass is 79.9. The summed E-state index contributed by atoms with van der Waals surface area (Å²) in [6, 6.07) is 8.29. The van der Waals surface area contributed by atoms with Gasteiger partial charge in [0.1, 0.15) is 5.60 Å². The van der Waals surface area contributed by atoms with Crippen molar-refractivity contribution in [1.29, 1.82) is 0 Å². The lowest BCUT2D eigenvalue weighted by Crippen LogP contribution is -2.45. The van der Waals surface area contributed by atoms with Crippen LogP contribution in [-0.4, -0.2) is 31.5 Å². The Morgan fingerprint density at radius 3 is 2.64 bits per heavy atom. The zero-order chi connectivity index (χ0) is 16.2. The van der Waals surface area contributed by atoms with E-state index >= 15 is 0 Å². The Morgan fingerprint density at radius 1 is 1.36 bits per heavy atom. The van der Waals surface area contributed by atoms with Crippen molar-refractivity contribution in [2.24, 2.45) is 0 Å². The number of alkyl carbamates (subject to hydrolysis) is 1. The minimum atomic E-state index is -0.483. The van der Waals surface area contributed by atoms with Crippen LogP contribution in [0.2, 0.25) is 0 Å². The Kier molecular flexibility index (Phi) is 5.50. The highest BCUT2D eigenvalue weighted by Gasteiger charge is 2.35. The molecule has 0 aromatic heterocycles. The molecule has 1 amide bonds. The van der Waals surface area contributed by atoms with Crippen LogP contribution in [-0.2, 0) is 14.9 Å². The molecule has 2 rings (SSSR count). The number of halogens is 1. The van der Waals surface area contributed by atoms with Crippen molar-refractivity contribution in [1.82, 2.24) is 5.32 Å². The first kappa shape index (κ1) is 17.3. The lowest BCUT2D eigenvalue weighted by Gasteiger charge is -2.38. The maximum atomic E-state index is 12.0. The summed E-state index contributed by atoms with van der Waals surface area (Å²) in [5.41, 5.74) is 0.642. The first-order valence-electron chi connectivity index (χ1n) is 7.61. The van der Waals surface area contributed by atoms with E-state index in [1.165, 1.54) is 5.56 Å². The van der Waals surface area contributed by atoms with Crippen LogP contribution in [0.15, 0.2) is 28.7 Å². The molecule has 0 unspecified atom stereocenters. The minimum Gasteiger partial charge on any atom is -0.444 e. The fraction of sp³-hybridized carbons (Fsp3) is 0.588. The third-order valence-corrected chi connectivity index (χ3v) is 4.35. The lowest BCUT2D eigenvalue weighted by molar-refractivity contribution is 0.0373. The van der Waals surface area contributed by atoms with Crippen LogP contribution >= 0.6 is 15.9 Å². The first-order chi connectivity index (χ1) is 10.3. The van der Waals surface area contributed by atoms with Crippen LogP contribution in [0.1, 0.15) is 39.2 Å². The number of benzene rings is 1. The third kappa shape index (κ3) is 4.71. The molecule has 1 saturated heterocycles.